The van der Waals surface area contributed by atoms with Gasteiger partial charge < -0.3 is 18.6 Å². The number of furan rings is 1. The molecule has 0 atom stereocenters. The maximum absolute atomic E-state index is 12.2. The van der Waals surface area contributed by atoms with Gasteiger partial charge in [-0.05, 0) is 54.1 Å². The summed E-state index contributed by atoms with van der Waals surface area (Å²) in [5, 5.41) is 3.94. The van der Waals surface area contributed by atoms with Gasteiger partial charge in [0.05, 0.1) is 12.5 Å². The number of carbonyl (C=O) groups is 2. The van der Waals surface area contributed by atoms with Crippen LogP contribution in [0, 0.1) is 0 Å². The average molecular weight is 404 g/mol. The molecule has 0 saturated heterocycles. The highest BCUT2D eigenvalue weighted by Gasteiger charge is 2.15. The van der Waals surface area contributed by atoms with Crippen molar-refractivity contribution in [3.05, 3.63) is 83.8 Å². The minimum atomic E-state index is -0.545. The molecule has 1 N–H and O–H groups in total. The van der Waals surface area contributed by atoms with Crippen molar-refractivity contribution in [2.24, 2.45) is 5.10 Å². The summed E-state index contributed by atoms with van der Waals surface area (Å²) in [7, 11) is 0. The Balaban J connectivity index is 1.34. The van der Waals surface area contributed by atoms with E-state index in [4.69, 9.17) is 18.6 Å². The van der Waals surface area contributed by atoms with Gasteiger partial charge in [-0.15, -0.1) is 0 Å². The van der Waals surface area contributed by atoms with E-state index in [1.54, 1.807) is 54.6 Å². The van der Waals surface area contributed by atoms with E-state index in [2.05, 4.69) is 10.5 Å². The molecule has 0 bridgehead atoms. The van der Waals surface area contributed by atoms with Crippen LogP contribution in [-0.4, -0.2) is 24.9 Å². The normalized spacial score (nSPS) is 12.4. The Labute approximate surface area is 171 Å². The molecule has 2 aromatic carbocycles. The van der Waals surface area contributed by atoms with Crippen LogP contribution in [-0.2, 0) is 4.79 Å². The zero-order chi connectivity index (χ0) is 20.8. The number of hydrazone groups is 1. The molecule has 0 radical (unpaired) electrons. The quantitative estimate of drug-likeness (QED) is 0.222. The zero-order valence-corrected chi connectivity index (χ0v) is 15.6. The first-order valence-corrected chi connectivity index (χ1v) is 8.94. The molecule has 0 spiro atoms. The molecular weight excluding hydrogens is 388 g/mol. The number of rotatable bonds is 6. The molecule has 0 aliphatic carbocycles. The van der Waals surface area contributed by atoms with E-state index in [0.717, 1.165) is 0 Å². The number of benzene rings is 2. The van der Waals surface area contributed by atoms with Crippen LogP contribution in [0.2, 0.25) is 0 Å². The highest BCUT2D eigenvalue weighted by Crippen LogP contribution is 2.32. The fourth-order valence-corrected chi connectivity index (χ4v) is 2.61. The third kappa shape index (κ3) is 4.74. The largest absolute Gasteiger partial charge is 0.465 e. The number of hydrogen-bond acceptors (Lipinski definition) is 7. The number of hydrogen-bond donors (Lipinski definition) is 1. The van der Waals surface area contributed by atoms with Gasteiger partial charge in [0.1, 0.15) is 11.5 Å². The topological polar surface area (TPSA) is 99.4 Å². The number of ether oxygens (including phenoxy) is 3. The van der Waals surface area contributed by atoms with Crippen molar-refractivity contribution >= 4 is 24.2 Å². The first-order chi connectivity index (χ1) is 14.7. The van der Waals surface area contributed by atoms with Crippen LogP contribution < -0.4 is 19.6 Å². The Morgan fingerprint density at radius 3 is 2.80 bits per heavy atom. The van der Waals surface area contributed by atoms with E-state index in [9.17, 15) is 9.59 Å². The second-order valence-corrected chi connectivity index (χ2v) is 6.11. The number of carbonyl (C=O) groups excluding carboxylic acids is 2. The van der Waals surface area contributed by atoms with Crippen molar-refractivity contribution in [1.82, 2.24) is 5.43 Å². The van der Waals surface area contributed by atoms with Crippen molar-refractivity contribution < 1.29 is 28.2 Å². The van der Waals surface area contributed by atoms with Crippen LogP contribution in [0.3, 0.4) is 0 Å². The summed E-state index contributed by atoms with van der Waals surface area (Å²) in [5.41, 5.74) is 3.47. The fourth-order valence-electron chi connectivity index (χ4n) is 2.61. The second kappa shape index (κ2) is 8.78. The third-order valence-electron chi connectivity index (χ3n) is 4.02. The summed E-state index contributed by atoms with van der Waals surface area (Å²) >= 11 is 0. The van der Waals surface area contributed by atoms with Crippen molar-refractivity contribution in [3.8, 4) is 17.2 Å². The fraction of sp³-hybridized carbons (Fsp3) is 0.0455. The van der Waals surface area contributed by atoms with Gasteiger partial charge in [-0.3, -0.25) is 4.79 Å². The van der Waals surface area contributed by atoms with Gasteiger partial charge >= 0.3 is 5.97 Å². The van der Waals surface area contributed by atoms with Crippen LogP contribution in [0.1, 0.15) is 21.7 Å². The van der Waals surface area contributed by atoms with E-state index in [0.29, 0.717) is 34.1 Å². The summed E-state index contributed by atoms with van der Waals surface area (Å²) in [5.74, 6) is 1.07. The molecule has 1 aromatic heterocycles. The summed E-state index contributed by atoms with van der Waals surface area (Å²) in [4.78, 5) is 24.1. The summed E-state index contributed by atoms with van der Waals surface area (Å²) < 4.78 is 20.8. The smallest absolute Gasteiger partial charge is 0.336 e. The van der Waals surface area contributed by atoms with Gasteiger partial charge in [-0.1, -0.05) is 12.1 Å². The van der Waals surface area contributed by atoms with Crippen molar-refractivity contribution in [2.45, 2.75) is 0 Å². The lowest BCUT2D eigenvalue weighted by Crippen LogP contribution is -2.17. The van der Waals surface area contributed by atoms with Crippen molar-refractivity contribution in [1.29, 1.82) is 0 Å². The Morgan fingerprint density at radius 1 is 1.03 bits per heavy atom. The standard InChI is InChI=1S/C22H16N2O6/c25-21(9-7-17-5-2-10-27-17)30-18-4-1-3-15(11-18)13-23-24-22(26)16-6-8-19-20(12-16)29-14-28-19/h1-13H,14H2,(H,24,26)/b9-7+,23-13-. The number of nitrogens with one attached hydrogen (secondary N) is 1. The lowest BCUT2D eigenvalue weighted by Gasteiger charge is -2.03. The first kappa shape index (κ1) is 19.0. The molecule has 8 nitrogen and oxygen atoms in total. The monoisotopic (exact) mass is 404 g/mol. The molecule has 30 heavy (non-hydrogen) atoms. The zero-order valence-electron chi connectivity index (χ0n) is 15.6. The van der Waals surface area contributed by atoms with E-state index < -0.39 is 11.9 Å². The minimum absolute atomic E-state index is 0.137. The first-order valence-electron chi connectivity index (χ1n) is 8.94. The number of nitrogens with zero attached hydrogens (tertiary/aromatic N) is 1. The average Bonchev–Trinajstić information content (AvgIpc) is 3.43. The van der Waals surface area contributed by atoms with E-state index >= 15 is 0 Å². The van der Waals surface area contributed by atoms with Crippen LogP contribution in [0.5, 0.6) is 17.2 Å². The highest BCUT2D eigenvalue weighted by molar-refractivity contribution is 5.95. The molecule has 1 aliphatic heterocycles. The molecule has 8 heteroatoms. The molecular formula is C22H16N2O6. The van der Waals surface area contributed by atoms with Gasteiger partial charge in [0.15, 0.2) is 11.5 Å². The van der Waals surface area contributed by atoms with Gasteiger partial charge in [0, 0.05) is 11.6 Å². The second-order valence-electron chi connectivity index (χ2n) is 6.11. The minimum Gasteiger partial charge on any atom is -0.465 e. The van der Waals surface area contributed by atoms with E-state index in [-0.39, 0.29) is 6.79 Å². The molecule has 3 aromatic rings. The van der Waals surface area contributed by atoms with E-state index in [1.165, 1.54) is 24.6 Å². The number of fused-ring (bicyclic) bond motifs is 1. The van der Waals surface area contributed by atoms with Crippen molar-refractivity contribution in [3.63, 3.8) is 0 Å². The molecule has 0 unspecified atom stereocenters. The number of amides is 1. The maximum atomic E-state index is 12.2. The molecule has 150 valence electrons. The Morgan fingerprint density at radius 2 is 1.93 bits per heavy atom. The Kier molecular flexibility index (Phi) is 5.56. The molecule has 0 saturated carbocycles. The lowest BCUT2D eigenvalue weighted by atomic mass is 10.2. The molecule has 4 rings (SSSR count). The SMILES string of the molecule is O=C(/C=C/c1ccco1)Oc1cccc(/C=N\NC(=O)c2ccc3c(c2)OCO3)c1. The van der Waals surface area contributed by atoms with Crippen LogP contribution in [0.4, 0.5) is 0 Å². The lowest BCUT2D eigenvalue weighted by molar-refractivity contribution is -0.128. The Bertz CT molecular complexity index is 1120. The summed E-state index contributed by atoms with van der Waals surface area (Å²) in [6.45, 7) is 0.137. The van der Waals surface area contributed by atoms with Gasteiger partial charge in [-0.25, -0.2) is 10.2 Å². The number of esters is 1. The van der Waals surface area contributed by atoms with Crippen molar-refractivity contribution in [2.75, 3.05) is 6.79 Å². The molecule has 2 heterocycles. The molecule has 0 fully saturated rings. The highest BCUT2D eigenvalue weighted by atomic mass is 16.7. The van der Waals surface area contributed by atoms with Gasteiger partial charge in [0.2, 0.25) is 6.79 Å². The van der Waals surface area contributed by atoms with Gasteiger partial charge in [0.25, 0.3) is 5.91 Å². The Hall–Kier alpha value is -4.33. The third-order valence-corrected chi connectivity index (χ3v) is 4.02. The maximum Gasteiger partial charge on any atom is 0.336 e. The van der Waals surface area contributed by atoms with E-state index in [1.807, 2.05) is 0 Å². The van der Waals surface area contributed by atoms with Crippen LogP contribution in [0.15, 0.2) is 76.5 Å². The predicted octanol–water partition coefficient (Wildman–Crippen LogP) is 3.39. The predicted molar refractivity (Wildman–Crippen MR) is 107 cm³/mol. The van der Waals surface area contributed by atoms with Gasteiger partial charge in [-0.2, -0.15) is 5.10 Å². The molecule has 1 aliphatic rings. The van der Waals surface area contributed by atoms with Crippen LogP contribution >= 0.6 is 0 Å². The molecule has 1 amide bonds. The summed E-state index contributed by atoms with van der Waals surface area (Å²) in [6.07, 6.45) is 5.74. The van der Waals surface area contributed by atoms with Crippen LogP contribution in [0.25, 0.3) is 6.08 Å². The summed E-state index contributed by atoms with van der Waals surface area (Å²) in [6, 6.07) is 15.0.